The largest absolute Gasteiger partial charge is 0.467 e. The van der Waals surface area contributed by atoms with Crippen molar-refractivity contribution >= 4 is 17.3 Å². The second kappa shape index (κ2) is 6.26. The van der Waals surface area contributed by atoms with Gasteiger partial charge in [-0.3, -0.25) is 9.88 Å². The van der Waals surface area contributed by atoms with Crippen LogP contribution in [0.15, 0.2) is 11.7 Å². The third-order valence-electron chi connectivity index (χ3n) is 3.38. The first kappa shape index (κ1) is 13.5. The number of carbonyl (C=O) groups is 1. The second-order valence-electron chi connectivity index (χ2n) is 4.55. The monoisotopic (exact) mass is 270 g/mol. The number of carbonyl (C=O) groups excluding carboxylic acids is 1. The Hall–Kier alpha value is -0.980. The number of piperidine rings is 1. The lowest BCUT2D eigenvalue weighted by Crippen LogP contribution is -2.40. The third kappa shape index (κ3) is 3.28. The average molecular weight is 270 g/mol. The highest BCUT2D eigenvalue weighted by Crippen LogP contribution is 2.23. The molecule has 5 nitrogen and oxygen atoms in total. The van der Waals surface area contributed by atoms with E-state index in [-0.39, 0.29) is 5.92 Å². The Kier molecular flexibility index (Phi) is 4.68. The number of thiazole rings is 1. The van der Waals surface area contributed by atoms with Crippen molar-refractivity contribution < 1.29 is 14.6 Å². The summed E-state index contributed by atoms with van der Waals surface area (Å²) in [6.07, 6.45) is 2.57. The first-order valence-corrected chi connectivity index (χ1v) is 6.94. The maximum Gasteiger partial charge on any atom is 0.334 e. The van der Waals surface area contributed by atoms with Crippen LogP contribution in [0.3, 0.4) is 0 Å². The van der Waals surface area contributed by atoms with Gasteiger partial charge in [-0.25, -0.2) is 4.79 Å². The standard InChI is InChI=1S/C12H18N2O3S/c1-17-12(16)11(15)9-2-4-14(5-3-9)7-10-6-13-8-18-10/h6,8-9,11,15H,2-5,7H2,1H3. The molecule has 0 aliphatic carbocycles. The van der Waals surface area contributed by atoms with Crippen molar-refractivity contribution in [3.63, 3.8) is 0 Å². The lowest BCUT2D eigenvalue weighted by molar-refractivity contribution is -0.154. The average Bonchev–Trinajstić information content (AvgIpc) is 2.91. The van der Waals surface area contributed by atoms with Crippen molar-refractivity contribution in [3.05, 3.63) is 16.6 Å². The molecule has 100 valence electrons. The molecule has 1 fully saturated rings. The topological polar surface area (TPSA) is 62.7 Å². The van der Waals surface area contributed by atoms with Crippen molar-refractivity contribution in [1.82, 2.24) is 9.88 Å². The first-order valence-electron chi connectivity index (χ1n) is 6.06. The van der Waals surface area contributed by atoms with Gasteiger partial charge in [0.25, 0.3) is 0 Å². The summed E-state index contributed by atoms with van der Waals surface area (Å²) in [6.45, 7) is 2.71. The number of hydrogen-bond donors (Lipinski definition) is 1. The molecule has 1 aliphatic rings. The molecular formula is C12H18N2O3S. The van der Waals surface area contributed by atoms with E-state index in [2.05, 4.69) is 14.6 Å². The zero-order valence-electron chi connectivity index (χ0n) is 10.4. The molecule has 1 N–H and O–H groups in total. The van der Waals surface area contributed by atoms with Gasteiger partial charge in [0, 0.05) is 17.6 Å². The number of hydrogen-bond acceptors (Lipinski definition) is 6. The van der Waals surface area contributed by atoms with Crippen molar-refractivity contribution in [2.24, 2.45) is 5.92 Å². The first-order chi connectivity index (χ1) is 8.70. The van der Waals surface area contributed by atoms with Crippen LogP contribution >= 0.6 is 11.3 Å². The van der Waals surface area contributed by atoms with Gasteiger partial charge in [0.1, 0.15) is 0 Å². The summed E-state index contributed by atoms with van der Waals surface area (Å²) in [5.74, 6) is -0.494. The van der Waals surface area contributed by atoms with E-state index >= 15 is 0 Å². The van der Waals surface area contributed by atoms with Gasteiger partial charge >= 0.3 is 5.97 Å². The Bertz CT molecular complexity index is 375. The zero-order chi connectivity index (χ0) is 13.0. The summed E-state index contributed by atoms with van der Waals surface area (Å²) in [5, 5.41) is 9.78. The lowest BCUT2D eigenvalue weighted by Gasteiger charge is -2.32. The number of nitrogens with zero attached hydrogens (tertiary/aromatic N) is 2. The fourth-order valence-corrected chi connectivity index (χ4v) is 2.92. The predicted octanol–water partition coefficient (Wildman–Crippen LogP) is 0.889. The van der Waals surface area contributed by atoms with Crippen LogP contribution in [0.4, 0.5) is 0 Å². The van der Waals surface area contributed by atoms with E-state index in [0.29, 0.717) is 0 Å². The van der Waals surface area contributed by atoms with Crippen LogP contribution in [0.2, 0.25) is 0 Å². The molecule has 0 bridgehead atoms. The highest BCUT2D eigenvalue weighted by Gasteiger charge is 2.30. The molecule has 1 aromatic heterocycles. The molecular weight excluding hydrogens is 252 g/mol. The van der Waals surface area contributed by atoms with E-state index < -0.39 is 12.1 Å². The molecule has 2 rings (SSSR count). The van der Waals surface area contributed by atoms with Crippen LogP contribution in [-0.4, -0.2) is 47.3 Å². The highest BCUT2D eigenvalue weighted by atomic mass is 32.1. The summed E-state index contributed by atoms with van der Waals surface area (Å²) in [5.41, 5.74) is 1.84. The van der Waals surface area contributed by atoms with Gasteiger partial charge in [-0.1, -0.05) is 0 Å². The SMILES string of the molecule is COC(=O)C(O)C1CCN(Cc2cncs2)CC1. The molecule has 1 aromatic rings. The molecule has 1 atom stereocenters. The van der Waals surface area contributed by atoms with Crippen molar-refractivity contribution in [2.75, 3.05) is 20.2 Å². The highest BCUT2D eigenvalue weighted by molar-refractivity contribution is 7.09. The van der Waals surface area contributed by atoms with Crippen LogP contribution in [0, 0.1) is 5.92 Å². The van der Waals surface area contributed by atoms with Gasteiger partial charge in [0.15, 0.2) is 6.10 Å². The molecule has 2 heterocycles. The van der Waals surface area contributed by atoms with Crippen LogP contribution in [0.25, 0.3) is 0 Å². The third-order valence-corrected chi connectivity index (χ3v) is 4.15. The minimum Gasteiger partial charge on any atom is -0.467 e. The van der Waals surface area contributed by atoms with Gasteiger partial charge in [-0.2, -0.15) is 0 Å². The maximum absolute atomic E-state index is 11.3. The number of methoxy groups -OCH3 is 1. The van der Waals surface area contributed by atoms with E-state index in [9.17, 15) is 9.90 Å². The van der Waals surface area contributed by atoms with Crippen LogP contribution in [0.1, 0.15) is 17.7 Å². The van der Waals surface area contributed by atoms with Crippen molar-refractivity contribution in [1.29, 1.82) is 0 Å². The molecule has 18 heavy (non-hydrogen) atoms. The molecule has 0 aromatic carbocycles. The number of rotatable bonds is 4. The summed E-state index contributed by atoms with van der Waals surface area (Å²) >= 11 is 1.66. The molecule has 0 saturated carbocycles. The van der Waals surface area contributed by atoms with Crippen molar-refractivity contribution in [3.8, 4) is 0 Å². The molecule has 1 saturated heterocycles. The van der Waals surface area contributed by atoms with Gasteiger partial charge in [-0.05, 0) is 31.8 Å². The van der Waals surface area contributed by atoms with Gasteiger partial charge in [0.05, 0.1) is 12.6 Å². The molecule has 1 aliphatic heterocycles. The van der Waals surface area contributed by atoms with Crippen LogP contribution in [-0.2, 0) is 16.1 Å². The zero-order valence-corrected chi connectivity index (χ0v) is 11.2. The van der Waals surface area contributed by atoms with E-state index in [1.54, 1.807) is 11.3 Å². The van der Waals surface area contributed by atoms with Crippen molar-refractivity contribution in [2.45, 2.75) is 25.5 Å². The minimum absolute atomic E-state index is 0.0233. The summed E-state index contributed by atoms with van der Waals surface area (Å²) in [7, 11) is 1.31. The molecule has 0 amide bonds. The number of aromatic nitrogens is 1. The fraction of sp³-hybridized carbons (Fsp3) is 0.667. The van der Waals surface area contributed by atoms with Gasteiger partial charge in [0.2, 0.25) is 0 Å². The quantitative estimate of drug-likeness (QED) is 0.823. The van der Waals surface area contributed by atoms with E-state index in [1.165, 1.54) is 12.0 Å². The molecule has 0 radical (unpaired) electrons. The summed E-state index contributed by atoms with van der Waals surface area (Å²) in [4.78, 5) is 18.9. The molecule has 1 unspecified atom stereocenters. The van der Waals surface area contributed by atoms with Gasteiger partial charge < -0.3 is 9.84 Å². The Morgan fingerprint density at radius 1 is 1.67 bits per heavy atom. The molecule has 0 spiro atoms. The minimum atomic E-state index is -0.972. The molecule has 6 heteroatoms. The smallest absolute Gasteiger partial charge is 0.334 e. The number of ether oxygens (including phenoxy) is 1. The Balaban J connectivity index is 1.79. The normalized spacial score (nSPS) is 19.7. The number of likely N-dealkylation sites (tertiary alicyclic amines) is 1. The van der Waals surface area contributed by atoms with E-state index in [1.807, 2.05) is 11.7 Å². The van der Waals surface area contributed by atoms with E-state index in [4.69, 9.17) is 0 Å². The van der Waals surface area contributed by atoms with E-state index in [0.717, 1.165) is 32.5 Å². The summed E-state index contributed by atoms with van der Waals surface area (Å²) < 4.78 is 4.57. The maximum atomic E-state index is 11.3. The Labute approximate surface area is 110 Å². The number of aliphatic hydroxyl groups is 1. The second-order valence-corrected chi connectivity index (χ2v) is 5.52. The lowest BCUT2D eigenvalue weighted by atomic mass is 9.91. The fourth-order valence-electron chi connectivity index (χ4n) is 2.28. The number of aliphatic hydroxyl groups excluding tert-OH is 1. The van der Waals surface area contributed by atoms with Gasteiger partial charge in [-0.15, -0.1) is 11.3 Å². The Morgan fingerprint density at radius 2 is 2.39 bits per heavy atom. The van der Waals surface area contributed by atoms with Crippen LogP contribution in [0.5, 0.6) is 0 Å². The number of esters is 1. The van der Waals surface area contributed by atoms with Crippen LogP contribution < -0.4 is 0 Å². The summed E-state index contributed by atoms with van der Waals surface area (Å²) in [6, 6.07) is 0. The Morgan fingerprint density at radius 3 is 2.94 bits per heavy atom. The predicted molar refractivity (Wildman–Crippen MR) is 68.1 cm³/mol.